The highest BCUT2D eigenvalue weighted by Crippen LogP contribution is 2.34. The highest BCUT2D eigenvalue weighted by Gasteiger charge is 2.31. The van der Waals surface area contributed by atoms with Crippen LogP contribution in [0.1, 0.15) is 24.0 Å². The third kappa shape index (κ3) is 6.22. The van der Waals surface area contributed by atoms with Crippen molar-refractivity contribution in [1.29, 1.82) is 0 Å². The van der Waals surface area contributed by atoms with Crippen molar-refractivity contribution in [2.45, 2.75) is 19.4 Å². The van der Waals surface area contributed by atoms with E-state index in [0.29, 0.717) is 21.5 Å². The number of nitrogens with one attached hydrogen (secondary N) is 1. The fraction of sp³-hybridized carbons (Fsp3) is 0.304. The standard InChI is InChI=1S/C23H26N2O4S2/c1-28-18-8-5-16(6-9-18)15-24-11-3-4-12-25-22(27)21(31-23(25)30)14-17-7-10-19(26)20(13-17)29-2/h5-10,13-14,24,26H,3-4,11-12,15H2,1-2H3/b21-14-. The minimum Gasteiger partial charge on any atom is -0.504 e. The number of unbranched alkanes of at least 4 members (excludes halogenated alkanes) is 1. The molecule has 1 fully saturated rings. The van der Waals surface area contributed by atoms with Crippen molar-refractivity contribution in [3.8, 4) is 17.2 Å². The van der Waals surface area contributed by atoms with Crippen molar-refractivity contribution in [1.82, 2.24) is 10.2 Å². The molecule has 31 heavy (non-hydrogen) atoms. The average Bonchev–Trinajstić information content (AvgIpc) is 3.04. The molecule has 2 aromatic carbocycles. The molecule has 1 heterocycles. The van der Waals surface area contributed by atoms with Gasteiger partial charge in [-0.1, -0.05) is 42.2 Å². The molecule has 0 aromatic heterocycles. The van der Waals surface area contributed by atoms with E-state index in [0.717, 1.165) is 37.2 Å². The number of amides is 1. The van der Waals surface area contributed by atoms with E-state index in [2.05, 4.69) is 5.32 Å². The van der Waals surface area contributed by atoms with Crippen molar-refractivity contribution in [3.63, 3.8) is 0 Å². The molecule has 1 saturated heterocycles. The third-order valence-corrected chi connectivity index (χ3v) is 6.23. The molecule has 2 N–H and O–H groups in total. The van der Waals surface area contributed by atoms with Crippen LogP contribution >= 0.6 is 24.0 Å². The summed E-state index contributed by atoms with van der Waals surface area (Å²) in [5.41, 5.74) is 1.98. The van der Waals surface area contributed by atoms with Crippen LogP contribution < -0.4 is 14.8 Å². The van der Waals surface area contributed by atoms with Gasteiger partial charge in [0, 0.05) is 13.1 Å². The van der Waals surface area contributed by atoms with E-state index in [1.54, 1.807) is 36.3 Å². The smallest absolute Gasteiger partial charge is 0.266 e. The zero-order valence-electron chi connectivity index (χ0n) is 17.6. The number of hydrogen-bond donors (Lipinski definition) is 2. The summed E-state index contributed by atoms with van der Waals surface area (Å²) in [6.45, 7) is 2.26. The van der Waals surface area contributed by atoms with E-state index in [9.17, 15) is 9.90 Å². The van der Waals surface area contributed by atoms with Gasteiger partial charge in [0.1, 0.15) is 10.1 Å². The highest BCUT2D eigenvalue weighted by atomic mass is 32.2. The quantitative estimate of drug-likeness (QED) is 0.314. The lowest BCUT2D eigenvalue weighted by molar-refractivity contribution is -0.122. The summed E-state index contributed by atoms with van der Waals surface area (Å²) < 4.78 is 10.9. The van der Waals surface area contributed by atoms with Crippen LogP contribution in [0.25, 0.3) is 6.08 Å². The molecule has 1 amide bonds. The molecule has 3 rings (SSSR count). The first kappa shape index (κ1) is 23.1. The number of carbonyl (C=O) groups is 1. The largest absolute Gasteiger partial charge is 0.504 e. The zero-order chi connectivity index (χ0) is 22.2. The summed E-state index contributed by atoms with van der Waals surface area (Å²) in [5.74, 6) is 1.21. The minimum atomic E-state index is -0.0757. The lowest BCUT2D eigenvalue weighted by Crippen LogP contribution is -2.29. The Hall–Kier alpha value is -2.55. The summed E-state index contributed by atoms with van der Waals surface area (Å²) in [6.07, 6.45) is 3.58. The van der Waals surface area contributed by atoms with E-state index in [1.165, 1.54) is 24.4 Å². The Labute approximate surface area is 192 Å². The molecule has 2 aromatic rings. The molecule has 1 aliphatic rings. The maximum atomic E-state index is 12.7. The Morgan fingerprint density at radius 2 is 1.90 bits per heavy atom. The molecule has 0 atom stereocenters. The fourth-order valence-corrected chi connectivity index (χ4v) is 4.43. The van der Waals surface area contributed by atoms with Gasteiger partial charge in [0.25, 0.3) is 5.91 Å². The molecule has 0 unspecified atom stereocenters. The van der Waals surface area contributed by atoms with Crippen LogP contribution in [0.4, 0.5) is 0 Å². The number of rotatable bonds is 10. The van der Waals surface area contributed by atoms with Gasteiger partial charge in [0.15, 0.2) is 11.5 Å². The van der Waals surface area contributed by atoms with Crippen molar-refractivity contribution >= 4 is 40.3 Å². The monoisotopic (exact) mass is 458 g/mol. The fourth-order valence-electron chi connectivity index (χ4n) is 3.12. The van der Waals surface area contributed by atoms with E-state index in [1.807, 2.05) is 24.3 Å². The Bertz CT molecular complexity index is 961. The average molecular weight is 459 g/mol. The van der Waals surface area contributed by atoms with Crippen LogP contribution in [0.5, 0.6) is 17.2 Å². The number of phenolic OH excluding ortho intramolecular Hbond substituents is 1. The summed E-state index contributed by atoms with van der Waals surface area (Å²) >= 11 is 6.70. The molecule has 164 valence electrons. The molecular weight excluding hydrogens is 432 g/mol. The second-order valence-corrected chi connectivity index (χ2v) is 8.67. The molecule has 1 aliphatic heterocycles. The van der Waals surface area contributed by atoms with Gasteiger partial charge in [-0.15, -0.1) is 0 Å². The van der Waals surface area contributed by atoms with Gasteiger partial charge in [0.2, 0.25) is 0 Å². The Kier molecular flexibility index (Phi) is 8.34. The summed E-state index contributed by atoms with van der Waals surface area (Å²) in [6, 6.07) is 13.0. The predicted molar refractivity (Wildman–Crippen MR) is 128 cm³/mol. The van der Waals surface area contributed by atoms with Crippen LogP contribution in [-0.2, 0) is 11.3 Å². The Morgan fingerprint density at radius 1 is 1.13 bits per heavy atom. The van der Waals surface area contributed by atoms with Crippen molar-refractivity contribution in [3.05, 3.63) is 58.5 Å². The Balaban J connectivity index is 1.44. The molecule has 0 aliphatic carbocycles. The van der Waals surface area contributed by atoms with Gasteiger partial charge >= 0.3 is 0 Å². The third-order valence-electron chi connectivity index (χ3n) is 4.85. The van der Waals surface area contributed by atoms with E-state index < -0.39 is 0 Å². The van der Waals surface area contributed by atoms with E-state index in [-0.39, 0.29) is 11.7 Å². The first-order valence-corrected chi connectivity index (χ1v) is 11.2. The molecular formula is C23H26N2O4S2. The van der Waals surface area contributed by atoms with Gasteiger partial charge in [-0.3, -0.25) is 9.69 Å². The van der Waals surface area contributed by atoms with Crippen LogP contribution in [0.15, 0.2) is 47.4 Å². The first-order valence-electron chi connectivity index (χ1n) is 9.98. The molecule has 6 nitrogen and oxygen atoms in total. The van der Waals surface area contributed by atoms with Gasteiger partial charge in [0.05, 0.1) is 19.1 Å². The first-order chi connectivity index (χ1) is 15.0. The SMILES string of the molecule is COc1ccc(CNCCCCN2C(=O)/C(=C/c3ccc(O)c(OC)c3)SC2=S)cc1. The number of benzene rings is 2. The van der Waals surface area contributed by atoms with Gasteiger partial charge in [-0.05, 0) is 60.9 Å². The summed E-state index contributed by atoms with van der Waals surface area (Å²) in [5, 5.41) is 13.1. The van der Waals surface area contributed by atoms with E-state index >= 15 is 0 Å². The van der Waals surface area contributed by atoms with Gasteiger partial charge in [-0.25, -0.2) is 0 Å². The Morgan fingerprint density at radius 3 is 2.61 bits per heavy atom. The molecule has 0 bridgehead atoms. The van der Waals surface area contributed by atoms with Crippen LogP contribution in [-0.4, -0.2) is 47.5 Å². The molecule has 0 saturated carbocycles. The molecule has 8 heteroatoms. The number of thioether (sulfide) groups is 1. The van der Waals surface area contributed by atoms with Crippen LogP contribution in [0, 0.1) is 0 Å². The topological polar surface area (TPSA) is 71.0 Å². The number of carbonyl (C=O) groups excluding carboxylic acids is 1. The number of methoxy groups -OCH3 is 2. The summed E-state index contributed by atoms with van der Waals surface area (Å²) in [4.78, 5) is 15.0. The minimum absolute atomic E-state index is 0.0628. The predicted octanol–water partition coefficient (Wildman–Crippen LogP) is 4.18. The lowest BCUT2D eigenvalue weighted by atomic mass is 10.2. The number of ether oxygens (including phenoxy) is 2. The van der Waals surface area contributed by atoms with Crippen molar-refractivity contribution in [2.75, 3.05) is 27.3 Å². The van der Waals surface area contributed by atoms with Crippen LogP contribution in [0.2, 0.25) is 0 Å². The maximum absolute atomic E-state index is 12.7. The lowest BCUT2D eigenvalue weighted by Gasteiger charge is -2.14. The second-order valence-electron chi connectivity index (χ2n) is 7.00. The van der Waals surface area contributed by atoms with Crippen molar-refractivity contribution < 1.29 is 19.4 Å². The second kappa shape index (κ2) is 11.2. The number of hydrogen-bond acceptors (Lipinski definition) is 7. The molecule has 0 radical (unpaired) electrons. The normalized spacial score (nSPS) is 15.0. The van der Waals surface area contributed by atoms with Gasteiger partial charge in [-0.2, -0.15) is 0 Å². The number of nitrogens with zero attached hydrogens (tertiary/aromatic N) is 1. The zero-order valence-corrected chi connectivity index (χ0v) is 19.2. The van der Waals surface area contributed by atoms with Crippen LogP contribution in [0.3, 0.4) is 0 Å². The molecule has 0 spiro atoms. The number of aromatic hydroxyl groups is 1. The summed E-state index contributed by atoms with van der Waals surface area (Å²) in [7, 11) is 3.15. The van der Waals surface area contributed by atoms with Crippen molar-refractivity contribution in [2.24, 2.45) is 0 Å². The highest BCUT2D eigenvalue weighted by molar-refractivity contribution is 8.26. The number of phenols is 1. The van der Waals surface area contributed by atoms with Gasteiger partial charge < -0.3 is 19.9 Å². The van der Waals surface area contributed by atoms with E-state index in [4.69, 9.17) is 21.7 Å². The number of thiocarbonyl (C=S) groups is 1. The maximum Gasteiger partial charge on any atom is 0.266 e.